The van der Waals surface area contributed by atoms with Crippen LogP contribution in [0.25, 0.3) is 5.69 Å². The van der Waals surface area contributed by atoms with Gasteiger partial charge in [-0.05, 0) is 25.1 Å². The molecule has 152 valence electrons. The lowest BCUT2D eigenvalue weighted by Gasteiger charge is -2.22. The molecule has 0 radical (unpaired) electrons. The Labute approximate surface area is 170 Å². The van der Waals surface area contributed by atoms with Gasteiger partial charge in [-0.3, -0.25) is 4.99 Å². The van der Waals surface area contributed by atoms with Crippen LogP contribution in [0.1, 0.15) is 24.2 Å². The van der Waals surface area contributed by atoms with Crippen LogP contribution in [-0.4, -0.2) is 45.9 Å². The molecule has 6 nitrogen and oxygen atoms in total. The standard InChI is InChI=1S/C22H26FN5O/c1-3-24-22(25-14-21(29)19-11-7-8-12-20(19)23)27(2)15-17-13-26-28(16-17)18-9-5-4-6-10-18/h4-13,16,21,29H,3,14-15H2,1-2H3,(H,24,25). The second-order valence-corrected chi connectivity index (χ2v) is 6.72. The van der Waals surface area contributed by atoms with Crippen molar-refractivity contribution in [2.24, 2.45) is 4.99 Å². The van der Waals surface area contributed by atoms with E-state index in [1.165, 1.54) is 6.07 Å². The van der Waals surface area contributed by atoms with Gasteiger partial charge in [-0.15, -0.1) is 0 Å². The van der Waals surface area contributed by atoms with Crippen LogP contribution >= 0.6 is 0 Å². The minimum atomic E-state index is -1.00. The van der Waals surface area contributed by atoms with E-state index in [1.54, 1.807) is 18.2 Å². The Kier molecular flexibility index (Phi) is 6.97. The Morgan fingerprint density at radius 1 is 1.21 bits per heavy atom. The molecule has 0 aliphatic heterocycles. The minimum absolute atomic E-state index is 0.0664. The van der Waals surface area contributed by atoms with Crippen LogP contribution in [-0.2, 0) is 6.54 Å². The quantitative estimate of drug-likeness (QED) is 0.477. The topological polar surface area (TPSA) is 65.7 Å². The predicted octanol–water partition coefficient (Wildman–Crippen LogP) is 3.14. The highest BCUT2D eigenvalue weighted by atomic mass is 19.1. The van der Waals surface area contributed by atoms with Gasteiger partial charge in [0.05, 0.1) is 18.4 Å². The lowest BCUT2D eigenvalue weighted by atomic mass is 10.1. The molecular formula is C22H26FN5O. The SMILES string of the molecule is CCNC(=NCC(O)c1ccccc1F)N(C)Cc1cnn(-c2ccccc2)c1. The van der Waals surface area contributed by atoms with Gasteiger partial charge in [0.2, 0.25) is 0 Å². The van der Waals surface area contributed by atoms with Crippen LogP contribution < -0.4 is 5.32 Å². The second-order valence-electron chi connectivity index (χ2n) is 6.72. The number of nitrogens with zero attached hydrogens (tertiary/aromatic N) is 4. The van der Waals surface area contributed by atoms with E-state index in [-0.39, 0.29) is 12.1 Å². The molecule has 0 aliphatic carbocycles. The maximum Gasteiger partial charge on any atom is 0.194 e. The summed E-state index contributed by atoms with van der Waals surface area (Å²) in [5, 5.41) is 17.9. The van der Waals surface area contributed by atoms with Crippen LogP contribution in [0.2, 0.25) is 0 Å². The summed E-state index contributed by atoms with van der Waals surface area (Å²) in [6.07, 6.45) is 2.80. The summed E-state index contributed by atoms with van der Waals surface area (Å²) in [7, 11) is 1.91. The summed E-state index contributed by atoms with van der Waals surface area (Å²) >= 11 is 0. The number of rotatable bonds is 7. The fourth-order valence-corrected chi connectivity index (χ4v) is 3.00. The molecule has 3 aromatic rings. The first-order chi connectivity index (χ1) is 14.1. The number of hydrogen-bond acceptors (Lipinski definition) is 3. The van der Waals surface area contributed by atoms with Gasteiger partial charge in [0.25, 0.3) is 0 Å². The normalized spacial score (nSPS) is 12.6. The molecule has 1 atom stereocenters. The van der Waals surface area contributed by atoms with Crippen LogP contribution in [0.15, 0.2) is 72.0 Å². The molecule has 0 fully saturated rings. The first kappa shape index (κ1) is 20.5. The number of nitrogens with one attached hydrogen (secondary N) is 1. The third-order valence-corrected chi connectivity index (χ3v) is 4.45. The first-order valence-corrected chi connectivity index (χ1v) is 9.59. The van der Waals surface area contributed by atoms with Gasteiger partial charge >= 0.3 is 0 Å². The third-order valence-electron chi connectivity index (χ3n) is 4.45. The monoisotopic (exact) mass is 395 g/mol. The number of para-hydroxylation sites is 1. The molecule has 29 heavy (non-hydrogen) atoms. The van der Waals surface area contributed by atoms with E-state index in [2.05, 4.69) is 15.4 Å². The number of aliphatic hydroxyl groups excluding tert-OH is 1. The molecule has 7 heteroatoms. The van der Waals surface area contributed by atoms with Crippen LogP contribution in [0.4, 0.5) is 4.39 Å². The van der Waals surface area contributed by atoms with Crippen LogP contribution in [0.3, 0.4) is 0 Å². The molecule has 3 rings (SSSR count). The van der Waals surface area contributed by atoms with Gasteiger partial charge in [0.15, 0.2) is 5.96 Å². The van der Waals surface area contributed by atoms with Gasteiger partial charge in [0, 0.05) is 37.5 Å². The maximum atomic E-state index is 13.9. The fourth-order valence-electron chi connectivity index (χ4n) is 3.00. The van der Waals surface area contributed by atoms with Crippen molar-refractivity contribution in [1.82, 2.24) is 20.0 Å². The molecule has 1 heterocycles. The summed E-state index contributed by atoms with van der Waals surface area (Å²) in [4.78, 5) is 6.43. The van der Waals surface area contributed by atoms with Crippen molar-refractivity contribution < 1.29 is 9.50 Å². The Hall–Kier alpha value is -3.19. The molecule has 1 unspecified atom stereocenters. The van der Waals surface area contributed by atoms with E-state index in [0.717, 1.165) is 11.3 Å². The van der Waals surface area contributed by atoms with Gasteiger partial charge in [-0.25, -0.2) is 9.07 Å². The van der Waals surface area contributed by atoms with Crippen molar-refractivity contribution in [2.45, 2.75) is 19.6 Å². The molecule has 1 aromatic heterocycles. The van der Waals surface area contributed by atoms with E-state index in [0.29, 0.717) is 19.0 Å². The molecular weight excluding hydrogens is 369 g/mol. The van der Waals surface area contributed by atoms with Gasteiger partial charge < -0.3 is 15.3 Å². The molecule has 0 aliphatic rings. The Balaban J connectivity index is 1.68. The van der Waals surface area contributed by atoms with Crippen molar-refractivity contribution in [1.29, 1.82) is 0 Å². The number of halogens is 1. The lowest BCUT2D eigenvalue weighted by molar-refractivity contribution is 0.181. The van der Waals surface area contributed by atoms with E-state index in [1.807, 2.05) is 66.3 Å². The zero-order valence-corrected chi connectivity index (χ0v) is 16.7. The summed E-state index contributed by atoms with van der Waals surface area (Å²) in [6.45, 7) is 3.32. The predicted molar refractivity (Wildman–Crippen MR) is 112 cm³/mol. The summed E-state index contributed by atoms with van der Waals surface area (Å²) in [5.74, 6) is 0.206. The number of aromatic nitrogens is 2. The fraction of sp³-hybridized carbons (Fsp3) is 0.273. The van der Waals surface area contributed by atoms with Crippen LogP contribution in [0, 0.1) is 5.82 Å². The zero-order valence-electron chi connectivity index (χ0n) is 16.7. The van der Waals surface area contributed by atoms with E-state index in [9.17, 15) is 9.50 Å². The highest BCUT2D eigenvalue weighted by Gasteiger charge is 2.14. The first-order valence-electron chi connectivity index (χ1n) is 9.59. The Morgan fingerprint density at radius 3 is 2.66 bits per heavy atom. The molecule has 2 aromatic carbocycles. The number of benzene rings is 2. The lowest BCUT2D eigenvalue weighted by Crippen LogP contribution is -2.38. The second kappa shape index (κ2) is 9.84. The highest BCUT2D eigenvalue weighted by molar-refractivity contribution is 5.79. The molecule has 0 saturated heterocycles. The van der Waals surface area contributed by atoms with Crippen molar-refractivity contribution in [2.75, 3.05) is 20.1 Å². The number of aliphatic imine (C=N–C) groups is 1. The summed E-state index contributed by atoms with van der Waals surface area (Å²) in [5.41, 5.74) is 2.27. The average molecular weight is 395 g/mol. The van der Waals surface area contributed by atoms with E-state index < -0.39 is 11.9 Å². The van der Waals surface area contributed by atoms with Crippen molar-refractivity contribution >= 4 is 5.96 Å². The molecule has 0 spiro atoms. The molecule has 0 saturated carbocycles. The van der Waals surface area contributed by atoms with E-state index in [4.69, 9.17) is 0 Å². The maximum absolute atomic E-state index is 13.9. The molecule has 2 N–H and O–H groups in total. The molecule has 0 amide bonds. The van der Waals surface area contributed by atoms with E-state index >= 15 is 0 Å². The average Bonchev–Trinajstić information content (AvgIpc) is 3.20. The van der Waals surface area contributed by atoms with Crippen LogP contribution in [0.5, 0.6) is 0 Å². The number of guanidine groups is 1. The number of hydrogen-bond donors (Lipinski definition) is 2. The zero-order chi connectivity index (χ0) is 20.6. The van der Waals surface area contributed by atoms with Crippen molar-refractivity contribution in [3.8, 4) is 5.69 Å². The summed E-state index contributed by atoms with van der Waals surface area (Å²) < 4.78 is 15.7. The largest absolute Gasteiger partial charge is 0.386 e. The third kappa shape index (κ3) is 5.42. The minimum Gasteiger partial charge on any atom is -0.386 e. The van der Waals surface area contributed by atoms with Crippen molar-refractivity contribution in [3.63, 3.8) is 0 Å². The van der Waals surface area contributed by atoms with Crippen molar-refractivity contribution in [3.05, 3.63) is 83.9 Å². The van der Waals surface area contributed by atoms with Gasteiger partial charge in [-0.1, -0.05) is 36.4 Å². The smallest absolute Gasteiger partial charge is 0.194 e. The van der Waals surface area contributed by atoms with Gasteiger partial charge in [-0.2, -0.15) is 5.10 Å². The molecule has 0 bridgehead atoms. The van der Waals surface area contributed by atoms with Gasteiger partial charge in [0.1, 0.15) is 11.9 Å². The highest BCUT2D eigenvalue weighted by Crippen LogP contribution is 2.17. The Bertz CT molecular complexity index is 941. The Morgan fingerprint density at radius 2 is 1.93 bits per heavy atom. The summed E-state index contributed by atoms with van der Waals surface area (Å²) in [6, 6.07) is 16.1. The number of aliphatic hydroxyl groups is 1.